The molecule has 3 aromatic heterocycles. The maximum atomic E-state index is 12.9. The molecule has 4 rings (SSSR count). The SMILES string of the molecule is Cc1cc(Oc2ccc(OCc3nc(C)no3)cc2)n2nc(C(F)(F)F)nc2n1. The van der Waals surface area contributed by atoms with Crippen LogP contribution < -0.4 is 9.47 Å². The van der Waals surface area contributed by atoms with E-state index in [1.165, 1.54) is 6.07 Å². The van der Waals surface area contributed by atoms with Gasteiger partial charge in [-0.2, -0.15) is 27.7 Å². The average molecular weight is 406 g/mol. The molecule has 0 saturated carbocycles. The first-order chi connectivity index (χ1) is 13.8. The van der Waals surface area contributed by atoms with E-state index < -0.39 is 12.0 Å². The maximum absolute atomic E-state index is 12.9. The van der Waals surface area contributed by atoms with Gasteiger partial charge >= 0.3 is 6.18 Å². The Balaban J connectivity index is 1.52. The number of aromatic nitrogens is 6. The van der Waals surface area contributed by atoms with Crippen LogP contribution in [-0.2, 0) is 12.8 Å². The molecule has 0 atom stereocenters. The van der Waals surface area contributed by atoms with Gasteiger partial charge in [-0.1, -0.05) is 5.16 Å². The third kappa shape index (κ3) is 4.10. The first-order valence-corrected chi connectivity index (χ1v) is 8.29. The third-order valence-electron chi connectivity index (χ3n) is 3.64. The van der Waals surface area contributed by atoms with Crippen LogP contribution in [0.15, 0.2) is 34.9 Å². The first kappa shape index (κ1) is 18.7. The van der Waals surface area contributed by atoms with Gasteiger partial charge in [0, 0.05) is 11.8 Å². The fourth-order valence-corrected chi connectivity index (χ4v) is 2.42. The van der Waals surface area contributed by atoms with Gasteiger partial charge in [-0.15, -0.1) is 5.10 Å². The van der Waals surface area contributed by atoms with E-state index in [4.69, 9.17) is 14.0 Å². The van der Waals surface area contributed by atoms with Crippen LogP contribution in [0, 0.1) is 13.8 Å². The lowest BCUT2D eigenvalue weighted by molar-refractivity contribution is -0.144. The minimum Gasteiger partial charge on any atom is -0.484 e. The number of ether oxygens (including phenoxy) is 2. The van der Waals surface area contributed by atoms with Crippen molar-refractivity contribution in [3.05, 3.63) is 53.6 Å². The number of benzene rings is 1. The highest BCUT2D eigenvalue weighted by Crippen LogP contribution is 2.29. The second-order valence-corrected chi connectivity index (χ2v) is 5.98. The van der Waals surface area contributed by atoms with E-state index in [1.54, 1.807) is 38.1 Å². The lowest BCUT2D eigenvalue weighted by Gasteiger charge is -2.09. The van der Waals surface area contributed by atoms with Crippen LogP contribution in [0.1, 0.15) is 23.2 Å². The fourth-order valence-electron chi connectivity index (χ4n) is 2.42. The minimum absolute atomic E-state index is 0.0468. The summed E-state index contributed by atoms with van der Waals surface area (Å²) in [7, 11) is 0. The number of alkyl halides is 3. The van der Waals surface area contributed by atoms with Gasteiger partial charge in [0.2, 0.25) is 5.88 Å². The number of nitrogens with zero attached hydrogens (tertiary/aromatic N) is 6. The van der Waals surface area contributed by atoms with Crippen molar-refractivity contribution < 1.29 is 27.2 Å². The molecule has 12 heteroatoms. The topological polar surface area (TPSA) is 100 Å². The van der Waals surface area contributed by atoms with Gasteiger partial charge in [-0.3, -0.25) is 0 Å². The highest BCUT2D eigenvalue weighted by Gasteiger charge is 2.37. The summed E-state index contributed by atoms with van der Waals surface area (Å²) in [5.74, 6) is 0.275. The Morgan fingerprint density at radius 1 is 1.03 bits per heavy atom. The molecule has 1 aromatic carbocycles. The van der Waals surface area contributed by atoms with Crippen molar-refractivity contribution in [2.24, 2.45) is 0 Å². The number of hydrogen-bond acceptors (Lipinski definition) is 8. The van der Waals surface area contributed by atoms with E-state index in [1.807, 2.05) is 0 Å². The summed E-state index contributed by atoms with van der Waals surface area (Å²) < 4.78 is 55.7. The van der Waals surface area contributed by atoms with E-state index >= 15 is 0 Å². The van der Waals surface area contributed by atoms with Gasteiger partial charge in [0.15, 0.2) is 12.4 Å². The molecule has 0 radical (unpaired) electrons. The lowest BCUT2D eigenvalue weighted by Crippen LogP contribution is -2.07. The van der Waals surface area contributed by atoms with Crippen LogP contribution in [0.4, 0.5) is 13.2 Å². The van der Waals surface area contributed by atoms with Gasteiger partial charge in [-0.05, 0) is 38.1 Å². The van der Waals surface area contributed by atoms with E-state index in [2.05, 4.69) is 25.2 Å². The molecule has 0 amide bonds. The molecule has 9 nitrogen and oxygen atoms in total. The zero-order valence-corrected chi connectivity index (χ0v) is 15.1. The Hall–Kier alpha value is -3.70. The molecule has 3 heterocycles. The Morgan fingerprint density at radius 3 is 2.41 bits per heavy atom. The van der Waals surface area contributed by atoms with Crippen molar-refractivity contribution in [3.63, 3.8) is 0 Å². The maximum Gasteiger partial charge on any atom is 0.453 e. The summed E-state index contributed by atoms with van der Waals surface area (Å²) in [5.41, 5.74) is 0.434. The van der Waals surface area contributed by atoms with Crippen molar-refractivity contribution in [1.29, 1.82) is 0 Å². The molecule has 0 saturated heterocycles. The molecule has 0 aliphatic carbocycles. The van der Waals surface area contributed by atoms with Gasteiger partial charge in [0.1, 0.15) is 11.5 Å². The normalized spacial score (nSPS) is 11.8. The van der Waals surface area contributed by atoms with E-state index in [-0.39, 0.29) is 18.3 Å². The van der Waals surface area contributed by atoms with E-state index in [0.29, 0.717) is 28.9 Å². The predicted octanol–water partition coefficient (Wildman–Crippen LogP) is 3.51. The number of fused-ring (bicyclic) bond motifs is 1. The molecular formula is C17H13F3N6O3. The van der Waals surface area contributed by atoms with Crippen molar-refractivity contribution in [3.8, 4) is 17.4 Å². The number of rotatable bonds is 5. The number of aryl methyl sites for hydroxylation is 2. The molecule has 0 spiro atoms. The zero-order valence-electron chi connectivity index (χ0n) is 15.1. The predicted molar refractivity (Wildman–Crippen MR) is 90.4 cm³/mol. The van der Waals surface area contributed by atoms with Crippen LogP contribution in [0.3, 0.4) is 0 Å². The van der Waals surface area contributed by atoms with Gasteiger partial charge in [-0.25, -0.2) is 4.98 Å². The Morgan fingerprint density at radius 2 is 1.76 bits per heavy atom. The first-order valence-electron chi connectivity index (χ1n) is 8.29. The summed E-state index contributed by atoms with van der Waals surface area (Å²) in [4.78, 5) is 11.4. The minimum atomic E-state index is -4.69. The quantitative estimate of drug-likeness (QED) is 0.496. The van der Waals surface area contributed by atoms with Crippen LogP contribution in [0.5, 0.6) is 17.4 Å². The zero-order chi connectivity index (χ0) is 20.6. The van der Waals surface area contributed by atoms with Crippen molar-refractivity contribution in [1.82, 2.24) is 29.7 Å². The monoisotopic (exact) mass is 406 g/mol. The van der Waals surface area contributed by atoms with Gasteiger partial charge in [0.05, 0.1) is 0 Å². The number of halogens is 3. The van der Waals surface area contributed by atoms with Crippen LogP contribution in [-0.4, -0.2) is 29.7 Å². The second kappa shape index (κ2) is 7.04. The average Bonchev–Trinajstić information content (AvgIpc) is 3.27. The van der Waals surface area contributed by atoms with Crippen molar-refractivity contribution in [2.75, 3.05) is 0 Å². The van der Waals surface area contributed by atoms with Gasteiger partial charge in [0.25, 0.3) is 17.5 Å². The standard InChI is InChI=1S/C17H13F3N6O3/c1-9-7-14(26-16(21-9)23-15(24-26)17(18,19)20)28-12-5-3-11(4-6-12)27-8-13-22-10(2)25-29-13/h3-7H,8H2,1-2H3. The summed E-state index contributed by atoms with van der Waals surface area (Å²) >= 11 is 0. The molecule has 0 aliphatic heterocycles. The molecule has 0 N–H and O–H groups in total. The molecule has 29 heavy (non-hydrogen) atoms. The summed E-state index contributed by atoms with van der Waals surface area (Å²) in [6, 6.07) is 7.91. The molecule has 4 aromatic rings. The summed E-state index contributed by atoms with van der Waals surface area (Å²) in [5, 5.41) is 7.11. The van der Waals surface area contributed by atoms with Crippen LogP contribution in [0.25, 0.3) is 5.78 Å². The largest absolute Gasteiger partial charge is 0.484 e. The smallest absolute Gasteiger partial charge is 0.453 e. The summed E-state index contributed by atoms with van der Waals surface area (Å²) in [6.07, 6.45) is -4.69. The third-order valence-corrected chi connectivity index (χ3v) is 3.64. The fraction of sp³-hybridized carbons (Fsp3) is 0.235. The highest BCUT2D eigenvalue weighted by molar-refractivity contribution is 5.38. The molecule has 0 bridgehead atoms. The Kier molecular flexibility index (Phi) is 4.53. The number of hydrogen-bond donors (Lipinski definition) is 0. The van der Waals surface area contributed by atoms with Crippen molar-refractivity contribution >= 4 is 5.78 Å². The molecule has 150 valence electrons. The Labute approximate surface area is 161 Å². The van der Waals surface area contributed by atoms with E-state index in [0.717, 1.165) is 4.52 Å². The van der Waals surface area contributed by atoms with Crippen LogP contribution in [0.2, 0.25) is 0 Å². The van der Waals surface area contributed by atoms with Crippen LogP contribution >= 0.6 is 0 Å². The summed E-state index contributed by atoms with van der Waals surface area (Å²) in [6.45, 7) is 3.42. The Bertz CT molecular complexity index is 1150. The molecule has 0 unspecified atom stereocenters. The second-order valence-electron chi connectivity index (χ2n) is 5.98. The van der Waals surface area contributed by atoms with E-state index in [9.17, 15) is 13.2 Å². The highest BCUT2D eigenvalue weighted by atomic mass is 19.4. The lowest BCUT2D eigenvalue weighted by atomic mass is 10.3. The molecule has 0 fully saturated rings. The van der Waals surface area contributed by atoms with Gasteiger partial charge < -0.3 is 14.0 Å². The van der Waals surface area contributed by atoms with Crippen molar-refractivity contribution in [2.45, 2.75) is 26.6 Å². The molecule has 0 aliphatic rings. The molecular weight excluding hydrogens is 393 g/mol.